The number of aromatic nitrogens is 1. The minimum Gasteiger partial charge on any atom is -0.507 e. The number of rotatable bonds is 3. The zero-order valence-electron chi connectivity index (χ0n) is 16.4. The van der Waals surface area contributed by atoms with E-state index in [0.717, 1.165) is 16.7 Å². The van der Waals surface area contributed by atoms with Gasteiger partial charge in [-0.3, -0.25) is 4.79 Å². The van der Waals surface area contributed by atoms with Gasteiger partial charge in [0.05, 0.1) is 0 Å². The van der Waals surface area contributed by atoms with E-state index < -0.39 is 0 Å². The van der Waals surface area contributed by atoms with E-state index in [1.165, 1.54) is 6.08 Å². The summed E-state index contributed by atoms with van der Waals surface area (Å²) >= 11 is 0. The van der Waals surface area contributed by atoms with Gasteiger partial charge in [0, 0.05) is 23.4 Å². The third-order valence-electron chi connectivity index (χ3n) is 4.09. The zero-order valence-corrected chi connectivity index (χ0v) is 16.4. The molecule has 1 aromatic carbocycles. The fourth-order valence-corrected chi connectivity index (χ4v) is 2.67. The monoisotopic (exact) mass is 352 g/mol. The molecular weight excluding hydrogens is 324 g/mol. The van der Waals surface area contributed by atoms with Crippen molar-refractivity contribution in [2.24, 2.45) is 0 Å². The van der Waals surface area contributed by atoms with Gasteiger partial charge in [0.2, 0.25) is 5.91 Å². The first kappa shape index (κ1) is 19.7. The van der Waals surface area contributed by atoms with Crippen LogP contribution < -0.4 is 5.32 Å². The molecule has 0 saturated carbocycles. The molecule has 0 atom stereocenters. The number of carbonyl (C=O) groups excluding carboxylic acids is 1. The van der Waals surface area contributed by atoms with E-state index in [-0.39, 0.29) is 16.7 Å². The van der Waals surface area contributed by atoms with Crippen LogP contribution in [0.5, 0.6) is 5.75 Å². The molecule has 1 heterocycles. The van der Waals surface area contributed by atoms with Gasteiger partial charge in [0.25, 0.3) is 0 Å². The topological polar surface area (TPSA) is 62.2 Å². The Morgan fingerprint density at radius 2 is 1.62 bits per heavy atom. The van der Waals surface area contributed by atoms with Crippen molar-refractivity contribution in [3.05, 3.63) is 59.3 Å². The van der Waals surface area contributed by atoms with Gasteiger partial charge in [-0.15, -0.1) is 0 Å². The smallest absolute Gasteiger partial charge is 0.249 e. The molecule has 0 spiro atoms. The number of pyridine rings is 1. The Hall–Kier alpha value is -2.62. The summed E-state index contributed by atoms with van der Waals surface area (Å²) in [6, 6.07) is 9.23. The van der Waals surface area contributed by atoms with Crippen LogP contribution >= 0.6 is 0 Å². The van der Waals surface area contributed by atoms with E-state index in [1.807, 2.05) is 18.2 Å². The molecule has 2 aromatic rings. The van der Waals surface area contributed by atoms with Crippen LogP contribution in [0.1, 0.15) is 58.2 Å². The normalized spacial score (nSPS) is 12.4. The minimum atomic E-state index is -0.244. The minimum absolute atomic E-state index is 0.204. The van der Waals surface area contributed by atoms with Crippen LogP contribution in [0.15, 0.2) is 42.6 Å². The number of aromatic hydroxyl groups is 1. The summed E-state index contributed by atoms with van der Waals surface area (Å²) in [4.78, 5) is 16.2. The predicted octanol–water partition coefficient (Wildman–Crippen LogP) is 5.03. The third kappa shape index (κ3) is 4.94. The van der Waals surface area contributed by atoms with Crippen molar-refractivity contribution in [3.63, 3.8) is 0 Å². The van der Waals surface area contributed by atoms with E-state index in [1.54, 1.807) is 24.4 Å². The van der Waals surface area contributed by atoms with E-state index in [2.05, 4.69) is 51.8 Å². The van der Waals surface area contributed by atoms with Gasteiger partial charge in [0.15, 0.2) is 0 Å². The molecule has 1 aromatic heterocycles. The van der Waals surface area contributed by atoms with Gasteiger partial charge in [-0.1, -0.05) is 47.6 Å². The average molecular weight is 352 g/mol. The predicted molar refractivity (Wildman–Crippen MR) is 107 cm³/mol. The summed E-state index contributed by atoms with van der Waals surface area (Å²) in [5, 5.41) is 13.5. The Kier molecular flexibility index (Phi) is 5.55. The van der Waals surface area contributed by atoms with Crippen molar-refractivity contribution in [2.45, 2.75) is 52.4 Å². The molecule has 2 N–H and O–H groups in total. The quantitative estimate of drug-likeness (QED) is 0.761. The summed E-state index contributed by atoms with van der Waals surface area (Å²) in [7, 11) is 0. The lowest BCUT2D eigenvalue weighted by Gasteiger charge is -2.27. The molecule has 0 radical (unpaired) electrons. The van der Waals surface area contributed by atoms with Crippen molar-refractivity contribution in [1.82, 2.24) is 4.98 Å². The number of nitrogens with zero attached hydrogens (tertiary/aromatic N) is 1. The Bertz CT molecular complexity index is 775. The van der Waals surface area contributed by atoms with Crippen LogP contribution in [0.2, 0.25) is 0 Å². The lowest BCUT2D eigenvalue weighted by molar-refractivity contribution is -0.111. The van der Waals surface area contributed by atoms with Crippen LogP contribution in [0.25, 0.3) is 6.08 Å². The van der Waals surface area contributed by atoms with Crippen LogP contribution in [0.3, 0.4) is 0 Å². The number of hydrogen-bond acceptors (Lipinski definition) is 3. The maximum atomic E-state index is 12.1. The van der Waals surface area contributed by atoms with Gasteiger partial charge in [-0.25, -0.2) is 4.98 Å². The molecule has 4 heteroatoms. The highest BCUT2D eigenvalue weighted by Crippen LogP contribution is 2.39. The van der Waals surface area contributed by atoms with E-state index in [0.29, 0.717) is 11.6 Å². The first-order chi connectivity index (χ1) is 12.0. The first-order valence-corrected chi connectivity index (χ1v) is 8.76. The highest BCUT2D eigenvalue weighted by atomic mass is 16.3. The number of nitrogens with one attached hydrogen (secondary N) is 1. The summed E-state index contributed by atoms with van der Waals surface area (Å²) < 4.78 is 0. The van der Waals surface area contributed by atoms with Gasteiger partial charge in [0.1, 0.15) is 11.6 Å². The van der Waals surface area contributed by atoms with Gasteiger partial charge in [-0.05, 0) is 46.7 Å². The van der Waals surface area contributed by atoms with Crippen LogP contribution in [-0.4, -0.2) is 16.0 Å². The molecule has 0 fully saturated rings. The number of anilines is 1. The van der Waals surface area contributed by atoms with E-state index in [4.69, 9.17) is 0 Å². The molecule has 0 aliphatic rings. The Morgan fingerprint density at radius 1 is 1.04 bits per heavy atom. The van der Waals surface area contributed by atoms with Gasteiger partial charge < -0.3 is 10.4 Å². The second-order valence-electron chi connectivity index (χ2n) is 8.50. The number of carbonyl (C=O) groups is 1. The number of phenolic OH excluding ortho intramolecular Hbond substituents is 1. The fraction of sp³-hybridized carbons (Fsp3) is 0.364. The summed E-state index contributed by atoms with van der Waals surface area (Å²) in [5.41, 5.74) is 2.21. The molecule has 26 heavy (non-hydrogen) atoms. The Morgan fingerprint density at radius 3 is 2.08 bits per heavy atom. The zero-order chi connectivity index (χ0) is 19.5. The highest BCUT2D eigenvalue weighted by Gasteiger charge is 2.26. The standard InChI is InChI=1S/C22H28N2O2/c1-21(2,3)16-13-15(14-17(20(16)26)22(4,5)6)10-11-19(25)24-18-9-7-8-12-23-18/h7-14,26H,1-6H3,(H,23,24,25). The van der Waals surface area contributed by atoms with Crippen molar-refractivity contribution in [3.8, 4) is 5.75 Å². The number of benzene rings is 1. The van der Waals surface area contributed by atoms with Crippen LogP contribution in [0, 0.1) is 0 Å². The van der Waals surface area contributed by atoms with Crippen molar-refractivity contribution >= 4 is 17.8 Å². The SMILES string of the molecule is CC(C)(C)c1cc(C=CC(=O)Nc2ccccn2)cc(C(C)(C)C)c1O. The van der Waals surface area contributed by atoms with Crippen molar-refractivity contribution in [2.75, 3.05) is 5.32 Å². The lowest BCUT2D eigenvalue weighted by Crippen LogP contribution is -2.17. The number of phenols is 1. The molecule has 0 bridgehead atoms. The van der Waals surface area contributed by atoms with E-state index in [9.17, 15) is 9.90 Å². The molecule has 0 aliphatic carbocycles. The molecule has 138 valence electrons. The summed E-state index contributed by atoms with van der Waals surface area (Å²) in [6.45, 7) is 12.4. The van der Waals surface area contributed by atoms with Crippen molar-refractivity contribution < 1.29 is 9.90 Å². The lowest BCUT2D eigenvalue weighted by atomic mass is 9.78. The molecule has 0 saturated heterocycles. The molecule has 0 unspecified atom stereocenters. The van der Waals surface area contributed by atoms with E-state index >= 15 is 0 Å². The Labute approximate surface area is 156 Å². The maximum Gasteiger partial charge on any atom is 0.249 e. The van der Waals surface area contributed by atoms with Crippen LogP contribution in [0.4, 0.5) is 5.82 Å². The Balaban J connectivity index is 2.35. The highest BCUT2D eigenvalue weighted by molar-refractivity contribution is 6.01. The van der Waals surface area contributed by atoms with Gasteiger partial charge >= 0.3 is 0 Å². The molecule has 2 rings (SSSR count). The first-order valence-electron chi connectivity index (χ1n) is 8.76. The second kappa shape index (κ2) is 7.32. The fourth-order valence-electron chi connectivity index (χ4n) is 2.67. The molecule has 4 nitrogen and oxygen atoms in total. The second-order valence-corrected chi connectivity index (χ2v) is 8.50. The summed E-state index contributed by atoms with van der Waals surface area (Å²) in [5.74, 6) is 0.602. The largest absolute Gasteiger partial charge is 0.507 e. The summed E-state index contributed by atoms with van der Waals surface area (Å²) in [6.07, 6.45) is 4.88. The molecule has 1 amide bonds. The van der Waals surface area contributed by atoms with Gasteiger partial charge in [-0.2, -0.15) is 0 Å². The number of hydrogen-bond donors (Lipinski definition) is 2. The molecule has 0 aliphatic heterocycles. The maximum absolute atomic E-state index is 12.1. The average Bonchev–Trinajstić information content (AvgIpc) is 2.52. The van der Waals surface area contributed by atoms with Crippen LogP contribution in [-0.2, 0) is 15.6 Å². The molecular formula is C22H28N2O2. The number of amides is 1. The van der Waals surface area contributed by atoms with Crippen molar-refractivity contribution in [1.29, 1.82) is 0 Å². The third-order valence-corrected chi connectivity index (χ3v) is 4.09.